The Labute approximate surface area is 156 Å². The molecule has 0 bridgehead atoms. The molecule has 2 N–H and O–H groups in total. The van der Waals surface area contributed by atoms with E-state index < -0.39 is 6.10 Å². The summed E-state index contributed by atoms with van der Waals surface area (Å²) in [5, 5.41) is 13.0. The highest BCUT2D eigenvalue weighted by Gasteiger charge is 2.23. The predicted octanol–water partition coefficient (Wildman–Crippen LogP) is 3.37. The van der Waals surface area contributed by atoms with Crippen molar-refractivity contribution in [2.45, 2.75) is 71.0 Å². The SMILES string of the molecule is CCNC(=O)CC(SC(C)CC(C)CSCC(=O)C(C)C)C(C)O. The summed E-state index contributed by atoms with van der Waals surface area (Å²) in [5.74, 6) is 2.50. The molecule has 0 rings (SSSR count). The number of Topliss-reactive ketones (excluding diaryl/α,β-unsaturated/α-hetero) is 1. The molecule has 0 saturated carbocycles. The first-order valence-corrected chi connectivity index (χ1v) is 11.0. The molecule has 0 heterocycles. The van der Waals surface area contributed by atoms with Crippen molar-refractivity contribution in [1.29, 1.82) is 0 Å². The van der Waals surface area contributed by atoms with Crippen molar-refractivity contribution in [3.63, 3.8) is 0 Å². The van der Waals surface area contributed by atoms with Gasteiger partial charge in [0.1, 0.15) is 5.78 Å². The number of hydrogen-bond acceptors (Lipinski definition) is 5. The first kappa shape index (κ1) is 23.8. The molecule has 4 atom stereocenters. The van der Waals surface area contributed by atoms with Crippen molar-refractivity contribution in [2.75, 3.05) is 18.1 Å². The Kier molecular flexibility index (Phi) is 13.0. The van der Waals surface area contributed by atoms with Gasteiger partial charge in [-0.05, 0) is 31.9 Å². The van der Waals surface area contributed by atoms with E-state index in [1.165, 1.54) is 0 Å². The molecule has 142 valence electrons. The second-order valence-electron chi connectivity index (χ2n) is 6.86. The Morgan fingerprint density at radius 2 is 1.75 bits per heavy atom. The highest BCUT2D eigenvalue weighted by Crippen LogP contribution is 2.28. The summed E-state index contributed by atoms with van der Waals surface area (Å²) in [6, 6.07) is 0. The minimum Gasteiger partial charge on any atom is -0.392 e. The zero-order valence-electron chi connectivity index (χ0n) is 16.0. The van der Waals surface area contributed by atoms with Crippen LogP contribution in [-0.2, 0) is 9.59 Å². The highest BCUT2D eigenvalue weighted by molar-refractivity contribution is 8.00. The standard InChI is InChI=1S/C18H35NO3S2/c1-7-19-18(22)9-17(15(6)20)24-14(5)8-13(4)10-23-11-16(21)12(2)3/h12-15,17,20H,7-11H2,1-6H3,(H,19,22). The average Bonchev–Trinajstić information content (AvgIpc) is 2.46. The van der Waals surface area contributed by atoms with E-state index in [4.69, 9.17) is 0 Å². The number of thioether (sulfide) groups is 2. The molecule has 6 heteroatoms. The van der Waals surface area contributed by atoms with Crippen molar-refractivity contribution in [2.24, 2.45) is 11.8 Å². The minimum absolute atomic E-state index is 0.00102. The summed E-state index contributed by atoms with van der Waals surface area (Å²) in [7, 11) is 0. The van der Waals surface area contributed by atoms with Gasteiger partial charge in [0.05, 0.1) is 11.9 Å². The van der Waals surface area contributed by atoms with Crippen LogP contribution in [0.5, 0.6) is 0 Å². The third-order valence-electron chi connectivity index (χ3n) is 3.73. The van der Waals surface area contributed by atoms with Crippen LogP contribution in [0.4, 0.5) is 0 Å². The Hall–Kier alpha value is -0.200. The first-order chi connectivity index (χ1) is 11.2. The Bertz CT molecular complexity index is 375. The Balaban J connectivity index is 4.20. The molecule has 0 spiro atoms. The largest absolute Gasteiger partial charge is 0.392 e. The van der Waals surface area contributed by atoms with Crippen LogP contribution in [0, 0.1) is 11.8 Å². The molecule has 0 radical (unpaired) electrons. The summed E-state index contributed by atoms with van der Waals surface area (Å²) < 4.78 is 0. The van der Waals surface area contributed by atoms with E-state index in [0.717, 1.165) is 12.2 Å². The molecule has 0 aromatic carbocycles. The van der Waals surface area contributed by atoms with E-state index in [9.17, 15) is 14.7 Å². The lowest BCUT2D eigenvalue weighted by Crippen LogP contribution is -2.31. The third-order valence-corrected chi connectivity index (χ3v) is 6.59. The number of aliphatic hydroxyl groups excluding tert-OH is 1. The third kappa shape index (κ3) is 11.4. The quantitative estimate of drug-likeness (QED) is 0.515. The lowest BCUT2D eigenvalue weighted by molar-refractivity contribution is -0.121. The van der Waals surface area contributed by atoms with Crippen LogP contribution >= 0.6 is 23.5 Å². The van der Waals surface area contributed by atoms with Gasteiger partial charge in [-0.15, -0.1) is 0 Å². The highest BCUT2D eigenvalue weighted by atomic mass is 32.2. The fourth-order valence-electron chi connectivity index (χ4n) is 2.30. The van der Waals surface area contributed by atoms with Crippen molar-refractivity contribution in [3.8, 4) is 0 Å². The second kappa shape index (κ2) is 13.1. The summed E-state index contributed by atoms with van der Waals surface area (Å²) in [4.78, 5) is 23.4. The van der Waals surface area contributed by atoms with Crippen molar-refractivity contribution in [3.05, 3.63) is 0 Å². The Morgan fingerprint density at radius 1 is 1.12 bits per heavy atom. The molecule has 0 saturated heterocycles. The van der Waals surface area contributed by atoms with Gasteiger partial charge in [-0.1, -0.05) is 27.7 Å². The maximum atomic E-state index is 11.8. The number of hydrogen-bond donors (Lipinski definition) is 2. The Morgan fingerprint density at radius 3 is 2.25 bits per heavy atom. The van der Waals surface area contributed by atoms with Gasteiger partial charge in [-0.3, -0.25) is 9.59 Å². The van der Waals surface area contributed by atoms with Crippen LogP contribution in [0.1, 0.15) is 54.4 Å². The van der Waals surface area contributed by atoms with Crippen LogP contribution in [0.3, 0.4) is 0 Å². The monoisotopic (exact) mass is 377 g/mol. The van der Waals surface area contributed by atoms with Gasteiger partial charge in [0.15, 0.2) is 0 Å². The van der Waals surface area contributed by atoms with Crippen LogP contribution in [0.15, 0.2) is 0 Å². The molecule has 4 nitrogen and oxygen atoms in total. The molecule has 0 aromatic rings. The van der Waals surface area contributed by atoms with E-state index >= 15 is 0 Å². The van der Waals surface area contributed by atoms with Gasteiger partial charge in [0, 0.05) is 29.4 Å². The maximum Gasteiger partial charge on any atom is 0.221 e. The van der Waals surface area contributed by atoms with Crippen molar-refractivity contribution >= 4 is 35.2 Å². The smallest absolute Gasteiger partial charge is 0.221 e. The number of amides is 1. The number of ketones is 1. The fourth-order valence-corrected chi connectivity index (χ4v) is 5.00. The molecule has 0 aliphatic carbocycles. The summed E-state index contributed by atoms with van der Waals surface area (Å²) >= 11 is 3.40. The number of nitrogens with one attached hydrogen (secondary N) is 1. The lowest BCUT2D eigenvalue weighted by atomic mass is 10.1. The minimum atomic E-state index is -0.506. The molecular formula is C18H35NO3S2. The molecule has 0 aromatic heterocycles. The van der Waals surface area contributed by atoms with Gasteiger partial charge in [-0.25, -0.2) is 0 Å². The van der Waals surface area contributed by atoms with Gasteiger partial charge in [0.25, 0.3) is 0 Å². The maximum absolute atomic E-state index is 11.8. The zero-order chi connectivity index (χ0) is 18.7. The van der Waals surface area contributed by atoms with E-state index in [-0.39, 0.29) is 17.1 Å². The fraction of sp³-hybridized carbons (Fsp3) is 0.889. The van der Waals surface area contributed by atoms with Crippen LogP contribution in [0.2, 0.25) is 0 Å². The zero-order valence-corrected chi connectivity index (χ0v) is 17.6. The number of rotatable bonds is 13. The molecule has 0 aliphatic heterocycles. The molecule has 0 fully saturated rings. The topological polar surface area (TPSA) is 66.4 Å². The first-order valence-electron chi connectivity index (χ1n) is 8.87. The number of carbonyl (C=O) groups is 2. The summed E-state index contributed by atoms with van der Waals surface area (Å²) in [6.45, 7) is 12.5. The van der Waals surface area contributed by atoms with Crippen molar-refractivity contribution < 1.29 is 14.7 Å². The average molecular weight is 378 g/mol. The molecule has 24 heavy (non-hydrogen) atoms. The second-order valence-corrected chi connectivity index (χ2v) is 9.57. The van der Waals surface area contributed by atoms with E-state index in [0.29, 0.717) is 35.7 Å². The number of carbonyl (C=O) groups excluding carboxylic acids is 2. The van der Waals surface area contributed by atoms with E-state index in [1.54, 1.807) is 30.4 Å². The van der Waals surface area contributed by atoms with Crippen LogP contribution < -0.4 is 5.32 Å². The van der Waals surface area contributed by atoms with Gasteiger partial charge in [0.2, 0.25) is 5.91 Å². The lowest BCUT2D eigenvalue weighted by Gasteiger charge is -2.24. The predicted molar refractivity (Wildman–Crippen MR) is 107 cm³/mol. The molecular weight excluding hydrogens is 342 g/mol. The van der Waals surface area contributed by atoms with Crippen molar-refractivity contribution in [1.82, 2.24) is 5.32 Å². The van der Waals surface area contributed by atoms with Gasteiger partial charge >= 0.3 is 0 Å². The summed E-state index contributed by atoms with van der Waals surface area (Å²) in [5.41, 5.74) is 0. The van der Waals surface area contributed by atoms with E-state index in [1.807, 2.05) is 20.8 Å². The van der Waals surface area contributed by atoms with Crippen LogP contribution in [-0.4, -0.2) is 51.5 Å². The number of aliphatic hydroxyl groups is 1. The molecule has 1 amide bonds. The summed E-state index contributed by atoms with van der Waals surface area (Å²) in [6.07, 6.45) is 0.868. The normalized spacial score (nSPS) is 16.5. The molecule has 4 unspecified atom stereocenters. The van der Waals surface area contributed by atoms with Crippen LogP contribution in [0.25, 0.3) is 0 Å². The van der Waals surface area contributed by atoms with Gasteiger partial charge < -0.3 is 10.4 Å². The van der Waals surface area contributed by atoms with Gasteiger partial charge in [-0.2, -0.15) is 23.5 Å². The van der Waals surface area contributed by atoms with E-state index in [2.05, 4.69) is 19.2 Å². The molecule has 0 aliphatic rings.